The van der Waals surface area contributed by atoms with E-state index in [1.54, 1.807) is 0 Å². The van der Waals surface area contributed by atoms with Crippen LogP contribution >= 0.6 is 11.6 Å². The van der Waals surface area contributed by atoms with Gasteiger partial charge in [-0.15, -0.1) is 11.6 Å². The second kappa shape index (κ2) is 7.56. The second-order valence-corrected chi connectivity index (χ2v) is 8.18. The summed E-state index contributed by atoms with van der Waals surface area (Å²) in [6.45, 7) is 8.49. The number of halogens is 2. The number of alkyl halides is 1. The summed E-state index contributed by atoms with van der Waals surface area (Å²) in [4.78, 5) is -0.290. The summed E-state index contributed by atoms with van der Waals surface area (Å²) < 4.78 is 40.8. The summed E-state index contributed by atoms with van der Waals surface area (Å²) >= 11 is 5.72. The van der Waals surface area contributed by atoms with Crippen LogP contribution in [0.4, 0.5) is 4.39 Å². The molecule has 0 fully saturated rings. The van der Waals surface area contributed by atoms with Crippen LogP contribution in [0.1, 0.15) is 33.3 Å². The number of sulfonamides is 1. The molecule has 0 saturated carbocycles. The van der Waals surface area contributed by atoms with Crippen molar-refractivity contribution in [1.29, 1.82) is 0 Å². The zero-order valence-corrected chi connectivity index (χ0v) is 14.5. The van der Waals surface area contributed by atoms with Crippen molar-refractivity contribution in [3.8, 4) is 0 Å². The van der Waals surface area contributed by atoms with Gasteiger partial charge in [0.15, 0.2) is 0 Å². The van der Waals surface area contributed by atoms with Crippen molar-refractivity contribution >= 4 is 21.6 Å². The maximum atomic E-state index is 14.0. The average Bonchev–Trinajstić information content (AvgIpc) is 2.37. The Bertz CT molecular complexity index is 563. The molecule has 1 aromatic carbocycles. The van der Waals surface area contributed by atoms with Crippen molar-refractivity contribution < 1.29 is 12.8 Å². The maximum Gasteiger partial charge on any atom is 0.246 e. The average molecular weight is 336 g/mol. The van der Waals surface area contributed by atoms with Crippen LogP contribution in [0.2, 0.25) is 0 Å². The Morgan fingerprint density at radius 2 is 1.67 bits per heavy atom. The minimum absolute atomic E-state index is 0.150. The molecule has 0 radical (unpaired) electrons. The third kappa shape index (κ3) is 4.94. The van der Waals surface area contributed by atoms with Gasteiger partial charge in [0.25, 0.3) is 0 Å². The van der Waals surface area contributed by atoms with E-state index in [9.17, 15) is 12.8 Å². The Balaban J connectivity index is 3.27. The van der Waals surface area contributed by atoms with E-state index < -0.39 is 15.8 Å². The number of hydrogen-bond donors (Lipinski definition) is 0. The van der Waals surface area contributed by atoms with Gasteiger partial charge in [-0.25, -0.2) is 12.8 Å². The molecular weight excluding hydrogens is 313 g/mol. The third-order valence-corrected chi connectivity index (χ3v) is 5.06. The molecule has 0 aromatic heterocycles. The van der Waals surface area contributed by atoms with Crippen molar-refractivity contribution in [3.63, 3.8) is 0 Å². The molecule has 0 atom stereocenters. The van der Waals surface area contributed by atoms with Gasteiger partial charge >= 0.3 is 0 Å². The minimum Gasteiger partial charge on any atom is -0.207 e. The van der Waals surface area contributed by atoms with E-state index in [0.717, 1.165) is 6.07 Å². The molecule has 0 N–H and O–H groups in total. The molecule has 1 rings (SSSR count). The van der Waals surface area contributed by atoms with Gasteiger partial charge in [-0.1, -0.05) is 33.8 Å². The zero-order chi connectivity index (χ0) is 16.2. The van der Waals surface area contributed by atoms with Crippen molar-refractivity contribution in [2.75, 3.05) is 13.1 Å². The largest absolute Gasteiger partial charge is 0.246 e. The van der Waals surface area contributed by atoms with Crippen LogP contribution in [0.5, 0.6) is 0 Å². The fourth-order valence-electron chi connectivity index (χ4n) is 2.05. The van der Waals surface area contributed by atoms with Gasteiger partial charge < -0.3 is 0 Å². The summed E-state index contributed by atoms with van der Waals surface area (Å²) in [5.74, 6) is -0.256. The first-order valence-corrected chi connectivity index (χ1v) is 9.00. The molecule has 3 nitrogen and oxygen atoms in total. The van der Waals surface area contributed by atoms with Crippen LogP contribution in [-0.4, -0.2) is 25.8 Å². The molecule has 0 aliphatic carbocycles. The Kier molecular flexibility index (Phi) is 6.63. The second-order valence-electron chi connectivity index (χ2n) is 6.01. The van der Waals surface area contributed by atoms with E-state index in [0.29, 0.717) is 18.7 Å². The van der Waals surface area contributed by atoms with Crippen LogP contribution < -0.4 is 0 Å². The topological polar surface area (TPSA) is 37.4 Å². The van der Waals surface area contributed by atoms with E-state index in [2.05, 4.69) is 0 Å². The van der Waals surface area contributed by atoms with E-state index in [-0.39, 0.29) is 22.6 Å². The van der Waals surface area contributed by atoms with Crippen molar-refractivity contribution in [2.24, 2.45) is 11.8 Å². The summed E-state index contributed by atoms with van der Waals surface area (Å²) in [7, 11) is -3.85. The third-order valence-electron chi connectivity index (χ3n) is 2.91. The fraction of sp³-hybridized carbons (Fsp3) is 0.600. The van der Waals surface area contributed by atoms with Crippen LogP contribution in [0, 0.1) is 17.7 Å². The first-order valence-electron chi connectivity index (χ1n) is 7.03. The van der Waals surface area contributed by atoms with Gasteiger partial charge in [0.05, 0.1) is 0 Å². The first-order chi connectivity index (χ1) is 9.68. The lowest BCUT2D eigenvalue weighted by Gasteiger charge is -2.26. The number of benzene rings is 1. The molecule has 0 bridgehead atoms. The molecular formula is C15H23ClFNO2S. The minimum atomic E-state index is -3.85. The molecule has 0 unspecified atom stereocenters. The molecule has 0 saturated heterocycles. The molecule has 21 heavy (non-hydrogen) atoms. The monoisotopic (exact) mass is 335 g/mol. The molecule has 0 spiro atoms. The smallest absolute Gasteiger partial charge is 0.207 e. The molecule has 6 heteroatoms. The van der Waals surface area contributed by atoms with Gasteiger partial charge in [-0.05, 0) is 29.5 Å². The van der Waals surface area contributed by atoms with E-state index in [4.69, 9.17) is 11.6 Å². The lowest BCUT2D eigenvalue weighted by molar-refractivity contribution is 0.332. The molecule has 0 aliphatic heterocycles. The number of rotatable bonds is 7. The highest BCUT2D eigenvalue weighted by Crippen LogP contribution is 2.23. The SMILES string of the molecule is CC(C)CN(CC(C)C)S(=O)(=O)c1cc(CCl)ccc1F. The Morgan fingerprint density at radius 1 is 1.14 bits per heavy atom. The van der Waals surface area contributed by atoms with Gasteiger partial charge in [-0.3, -0.25) is 0 Å². The van der Waals surface area contributed by atoms with Gasteiger partial charge in [0.1, 0.15) is 10.7 Å². The van der Waals surface area contributed by atoms with Gasteiger partial charge in [0, 0.05) is 19.0 Å². The van der Waals surface area contributed by atoms with Crippen molar-refractivity contribution in [3.05, 3.63) is 29.6 Å². The Morgan fingerprint density at radius 3 is 2.10 bits per heavy atom. The van der Waals surface area contributed by atoms with Crippen molar-refractivity contribution in [1.82, 2.24) is 4.31 Å². The van der Waals surface area contributed by atoms with E-state index in [1.807, 2.05) is 27.7 Å². The van der Waals surface area contributed by atoms with Gasteiger partial charge in [0.2, 0.25) is 10.0 Å². The predicted molar refractivity (Wildman–Crippen MR) is 84.4 cm³/mol. The van der Waals surface area contributed by atoms with E-state index in [1.165, 1.54) is 16.4 Å². The molecule has 0 amide bonds. The standard InChI is InChI=1S/C15H23ClFNO2S/c1-11(2)9-18(10-12(3)4)21(19,20)15-7-13(8-16)5-6-14(15)17/h5-7,11-12H,8-10H2,1-4H3. The summed E-state index contributed by atoms with van der Waals surface area (Å²) in [5, 5.41) is 0. The lowest BCUT2D eigenvalue weighted by Crippen LogP contribution is -2.37. The summed E-state index contributed by atoms with van der Waals surface area (Å²) in [5.41, 5.74) is 0.589. The lowest BCUT2D eigenvalue weighted by atomic mass is 10.2. The van der Waals surface area contributed by atoms with Crippen molar-refractivity contribution in [2.45, 2.75) is 38.5 Å². The molecule has 0 aliphatic rings. The Hall–Kier alpha value is -0.650. The number of hydrogen-bond acceptors (Lipinski definition) is 2. The highest BCUT2D eigenvalue weighted by molar-refractivity contribution is 7.89. The van der Waals surface area contributed by atoms with Crippen LogP contribution in [0.15, 0.2) is 23.1 Å². The van der Waals surface area contributed by atoms with Crippen LogP contribution in [-0.2, 0) is 15.9 Å². The highest BCUT2D eigenvalue weighted by Gasteiger charge is 2.28. The fourth-order valence-corrected chi connectivity index (χ4v) is 4.10. The summed E-state index contributed by atoms with van der Waals surface area (Å²) in [6, 6.07) is 3.98. The molecule has 1 aromatic rings. The van der Waals surface area contributed by atoms with Crippen LogP contribution in [0.3, 0.4) is 0 Å². The first kappa shape index (κ1) is 18.4. The zero-order valence-electron chi connectivity index (χ0n) is 12.9. The number of nitrogens with zero attached hydrogens (tertiary/aromatic N) is 1. The normalized spacial score (nSPS) is 12.6. The maximum absolute atomic E-state index is 14.0. The Labute approximate surface area is 132 Å². The van der Waals surface area contributed by atoms with Crippen LogP contribution in [0.25, 0.3) is 0 Å². The van der Waals surface area contributed by atoms with E-state index >= 15 is 0 Å². The molecule has 0 heterocycles. The van der Waals surface area contributed by atoms with Gasteiger partial charge in [-0.2, -0.15) is 4.31 Å². The quantitative estimate of drug-likeness (QED) is 0.709. The predicted octanol–water partition coefficient (Wildman–Crippen LogP) is 3.87. The highest BCUT2D eigenvalue weighted by atomic mass is 35.5. The summed E-state index contributed by atoms with van der Waals surface area (Å²) in [6.07, 6.45) is 0. The molecule has 120 valence electrons.